The summed E-state index contributed by atoms with van der Waals surface area (Å²) >= 11 is 0. The lowest BCUT2D eigenvalue weighted by atomic mass is 9.62. The second-order valence-corrected chi connectivity index (χ2v) is 11.9. The van der Waals surface area contributed by atoms with Gasteiger partial charge in [0.1, 0.15) is 17.6 Å². The summed E-state index contributed by atoms with van der Waals surface area (Å²) in [6.07, 6.45) is 0.792. The van der Waals surface area contributed by atoms with Crippen LogP contribution in [0.2, 0.25) is 0 Å². The van der Waals surface area contributed by atoms with Crippen LogP contribution in [-0.2, 0) is 30.3 Å². The molecule has 1 spiro atoms. The number of carbonyl (C=O) groups excluding carboxylic acids is 3. The summed E-state index contributed by atoms with van der Waals surface area (Å²) in [7, 11) is 0. The molecule has 3 saturated heterocycles. The van der Waals surface area contributed by atoms with E-state index < -0.39 is 47.0 Å². The minimum absolute atomic E-state index is 0.0961. The van der Waals surface area contributed by atoms with E-state index in [1.54, 1.807) is 6.92 Å². The number of ether oxygens (including phenoxy) is 2. The summed E-state index contributed by atoms with van der Waals surface area (Å²) in [5.74, 6) is -3.06. The number of carbonyl (C=O) groups is 3. The number of nitrogens with one attached hydrogen (secondary N) is 1. The van der Waals surface area contributed by atoms with Crippen molar-refractivity contribution in [3.05, 3.63) is 60.2 Å². The van der Waals surface area contributed by atoms with Crippen LogP contribution in [0, 0.1) is 17.8 Å². The Morgan fingerprint density at radius 3 is 2.38 bits per heavy atom. The Morgan fingerprint density at radius 1 is 1.12 bits per heavy atom. The molecule has 0 aliphatic carbocycles. The third-order valence-electron chi connectivity index (χ3n) is 9.72. The fourth-order valence-corrected chi connectivity index (χ4v) is 7.65. The number of anilines is 2. The van der Waals surface area contributed by atoms with Crippen LogP contribution in [0.25, 0.3) is 0 Å². The number of nitrogens with zero attached hydrogens (tertiary/aromatic N) is 2. The molecule has 2 bridgehead atoms. The number of fused-ring (bicyclic) bond motifs is 1. The molecule has 2 N–H and O–H groups in total. The molecule has 2 amide bonds. The molecule has 3 unspecified atom stereocenters. The van der Waals surface area contributed by atoms with Crippen molar-refractivity contribution in [2.45, 2.75) is 70.7 Å². The van der Waals surface area contributed by atoms with Gasteiger partial charge in [-0.2, -0.15) is 0 Å². The smallest absolute Gasteiger partial charge is 0.312 e. The zero-order chi connectivity index (χ0) is 30.2. The van der Waals surface area contributed by atoms with Crippen molar-refractivity contribution in [3.8, 4) is 0 Å². The molecule has 0 saturated carbocycles. The average molecular weight is 578 g/mol. The molecule has 3 aliphatic rings. The number of hydrogen-bond acceptors (Lipinski definition) is 7. The summed E-state index contributed by atoms with van der Waals surface area (Å²) < 4.78 is 12.2. The van der Waals surface area contributed by atoms with Crippen molar-refractivity contribution in [2.75, 3.05) is 36.5 Å². The molecule has 2 aromatic rings. The van der Waals surface area contributed by atoms with Crippen LogP contribution in [0.15, 0.2) is 54.6 Å². The Balaban J connectivity index is 1.54. The first-order chi connectivity index (χ1) is 20.1. The van der Waals surface area contributed by atoms with Gasteiger partial charge in [0.15, 0.2) is 0 Å². The third kappa shape index (κ3) is 4.76. The van der Waals surface area contributed by atoms with E-state index in [1.807, 2.05) is 68.4 Å². The number of aliphatic hydroxyl groups is 1. The van der Waals surface area contributed by atoms with Gasteiger partial charge in [-0.15, -0.1) is 0 Å². The Labute approximate surface area is 248 Å². The highest BCUT2D eigenvalue weighted by atomic mass is 16.6. The summed E-state index contributed by atoms with van der Waals surface area (Å²) in [6.45, 7) is 11.3. The first-order valence-corrected chi connectivity index (χ1v) is 15.1. The molecule has 5 rings (SSSR count). The average Bonchev–Trinajstić information content (AvgIpc) is 3.50. The maximum atomic E-state index is 14.4. The lowest BCUT2D eigenvalue weighted by molar-refractivity contribution is -0.161. The van der Waals surface area contributed by atoms with Crippen LogP contribution in [0.4, 0.5) is 11.4 Å². The Bertz CT molecular complexity index is 1300. The monoisotopic (exact) mass is 577 g/mol. The van der Waals surface area contributed by atoms with E-state index in [2.05, 4.69) is 24.1 Å². The van der Waals surface area contributed by atoms with Crippen molar-refractivity contribution < 1.29 is 29.0 Å². The Kier molecular flexibility index (Phi) is 8.36. The lowest BCUT2D eigenvalue weighted by Crippen LogP contribution is -2.57. The second kappa shape index (κ2) is 11.7. The van der Waals surface area contributed by atoms with Crippen molar-refractivity contribution in [2.24, 2.45) is 17.8 Å². The van der Waals surface area contributed by atoms with Crippen LogP contribution in [0.3, 0.4) is 0 Å². The standard InChI is InChI=1S/C33H43N3O6/c1-6-35(7-2)24-16-14-23(15-17-24)34-29(38)28-33-19-21(4)32(5,42-33)27(31(40)41-8-3)26(33)30(39)36(28)25(20-37)18-22-12-10-9-11-13-22/h9-17,21,25-28,37H,6-8,18-20H2,1-5H3,(H,34,38)/t21?,25-,26+,27+,28?,32-,33?/m1/s1. The van der Waals surface area contributed by atoms with Crippen molar-refractivity contribution in [3.63, 3.8) is 0 Å². The maximum Gasteiger partial charge on any atom is 0.312 e. The van der Waals surface area contributed by atoms with Crippen molar-refractivity contribution in [1.29, 1.82) is 0 Å². The topological polar surface area (TPSA) is 108 Å². The highest BCUT2D eigenvalue weighted by molar-refractivity contribution is 6.03. The minimum atomic E-state index is -1.22. The van der Waals surface area contributed by atoms with Crippen LogP contribution < -0.4 is 10.2 Å². The molecule has 9 nitrogen and oxygen atoms in total. The fourth-order valence-electron chi connectivity index (χ4n) is 7.65. The molecule has 9 heteroatoms. The highest BCUT2D eigenvalue weighted by Gasteiger charge is 2.80. The number of likely N-dealkylation sites (tertiary alicyclic amines) is 1. The lowest BCUT2D eigenvalue weighted by Gasteiger charge is -2.37. The molecule has 0 radical (unpaired) electrons. The maximum absolute atomic E-state index is 14.4. The van der Waals surface area contributed by atoms with Gasteiger partial charge in [0.05, 0.1) is 30.8 Å². The van der Waals surface area contributed by atoms with Crippen LogP contribution in [0.1, 0.15) is 46.6 Å². The zero-order valence-electron chi connectivity index (χ0n) is 25.2. The SMILES string of the molecule is CCOC(=O)[C@@H]1[C@H]2C(=O)N([C@@H](CO)Cc3ccccc3)C(C(=O)Nc3ccc(N(CC)CC)cc3)C23CC(C)[C@@]1(C)O3. The molecular weight excluding hydrogens is 534 g/mol. The number of amides is 2. The molecule has 2 aromatic carbocycles. The predicted molar refractivity (Wildman–Crippen MR) is 160 cm³/mol. The molecule has 0 aromatic heterocycles. The number of esters is 1. The molecule has 7 atom stereocenters. The van der Waals surface area contributed by atoms with Gasteiger partial charge in [0.25, 0.3) is 0 Å². The van der Waals surface area contributed by atoms with Gasteiger partial charge < -0.3 is 29.7 Å². The molecule has 226 valence electrons. The van der Waals surface area contributed by atoms with Crippen molar-refractivity contribution >= 4 is 29.2 Å². The number of aliphatic hydroxyl groups excluding tert-OH is 1. The fraction of sp³-hybridized carbons (Fsp3) is 0.545. The van der Waals surface area contributed by atoms with E-state index in [-0.39, 0.29) is 25.0 Å². The van der Waals surface area contributed by atoms with Gasteiger partial charge in [0.2, 0.25) is 11.8 Å². The Hall–Kier alpha value is -3.43. The van der Waals surface area contributed by atoms with Gasteiger partial charge in [-0.25, -0.2) is 0 Å². The van der Waals surface area contributed by atoms with E-state index in [0.29, 0.717) is 18.5 Å². The van der Waals surface area contributed by atoms with Gasteiger partial charge >= 0.3 is 5.97 Å². The third-order valence-corrected chi connectivity index (χ3v) is 9.72. The second-order valence-electron chi connectivity index (χ2n) is 11.9. The molecule has 3 aliphatic heterocycles. The van der Waals surface area contributed by atoms with Gasteiger partial charge in [0, 0.05) is 24.5 Å². The first kappa shape index (κ1) is 30.0. The quantitative estimate of drug-likeness (QED) is 0.393. The molecule has 42 heavy (non-hydrogen) atoms. The van der Waals surface area contributed by atoms with E-state index in [0.717, 1.165) is 24.3 Å². The normalized spacial score (nSPS) is 30.2. The van der Waals surface area contributed by atoms with Gasteiger partial charge in [-0.1, -0.05) is 37.3 Å². The van der Waals surface area contributed by atoms with Crippen LogP contribution in [-0.4, -0.2) is 77.4 Å². The molecule has 3 fully saturated rings. The van der Waals surface area contributed by atoms with Gasteiger partial charge in [-0.05, 0) is 76.3 Å². The number of hydrogen-bond donors (Lipinski definition) is 2. The largest absolute Gasteiger partial charge is 0.466 e. The van der Waals surface area contributed by atoms with Crippen LogP contribution >= 0.6 is 0 Å². The van der Waals surface area contributed by atoms with E-state index >= 15 is 0 Å². The highest BCUT2D eigenvalue weighted by Crippen LogP contribution is 2.65. The first-order valence-electron chi connectivity index (χ1n) is 15.1. The number of rotatable bonds is 11. The summed E-state index contributed by atoms with van der Waals surface area (Å²) in [5.41, 5.74) is 0.404. The molecule has 3 heterocycles. The van der Waals surface area contributed by atoms with Crippen LogP contribution in [0.5, 0.6) is 0 Å². The predicted octanol–water partition coefficient (Wildman–Crippen LogP) is 3.65. The zero-order valence-corrected chi connectivity index (χ0v) is 25.2. The molecular formula is C33H43N3O6. The van der Waals surface area contributed by atoms with Crippen molar-refractivity contribution in [1.82, 2.24) is 4.90 Å². The Morgan fingerprint density at radius 2 is 1.79 bits per heavy atom. The van der Waals surface area contributed by atoms with E-state index in [4.69, 9.17) is 9.47 Å². The summed E-state index contributed by atoms with van der Waals surface area (Å²) in [6, 6.07) is 15.5. The summed E-state index contributed by atoms with van der Waals surface area (Å²) in [4.78, 5) is 45.8. The minimum Gasteiger partial charge on any atom is -0.466 e. The van der Waals surface area contributed by atoms with Gasteiger partial charge in [-0.3, -0.25) is 14.4 Å². The summed E-state index contributed by atoms with van der Waals surface area (Å²) in [5, 5.41) is 13.7. The van der Waals surface area contributed by atoms with E-state index in [9.17, 15) is 19.5 Å². The number of benzene rings is 2. The van der Waals surface area contributed by atoms with E-state index in [1.165, 1.54) is 4.90 Å².